The van der Waals surface area contributed by atoms with Crippen LogP contribution in [0.25, 0.3) is 0 Å². The van der Waals surface area contributed by atoms with E-state index in [2.05, 4.69) is 15.5 Å². The molecular formula is C19H16F3N3O3S2. The van der Waals surface area contributed by atoms with E-state index in [1.165, 1.54) is 49.5 Å². The number of methoxy groups -OCH3 is 2. The first-order valence-electron chi connectivity index (χ1n) is 8.46. The number of amides is 1. The highest BCUT2D eigenvalue weighted by Crippen LogP contribution is 2.32. The number of carbonyl (C=O) groups is 1. The van der Waals surface area contributed by atoms with Gasteiger partial charge >= 0.3 is 6.18 Å². The monoisotopic (exact) mass is 455 g/mol. The zero-order valence-corrected chi connectivity index (χ0v) is 17.5. The Balaban J connectivity index is 1.59. The average Bonchev–Trinajstić information content (AvgIpc) is 3.18. The summed E-state index contributed by atoms with van der Waals surface area (Å²) >= 11 is 2.49. The summed E-state index contributed by atoms with van der Waals surface area (Å²) in [6.07, 6.45) is -4.36. The fourth-order valence-corrected chi connectivity index (χ4v) is 4.10. The summed E-state index contributed by atoms with van der Waals surface area (Å²) in [5, 5.41) is 10.9. The fraction of sp³-hybridized carbons (Fsp3) is 0.211. The van der Waals surface area contributed by atoms with E-state index in [4.69, 9.17) is 9.47 Å². The lowest BCUT2D eigenvalue weighted by atomic mass is 10.1. The van der Waals surface area contributed by atoms with Gasteiger partial charge in [-0.15, -0.1) is 10.2 Å². The van der Waals surface area contributed by atoms with Gasteiger partial charge in [-0.3, -0.25) is 10.1 Å². The van der Waals surface area contributed by atoms with Crippen molar-refractivity contribution in [2.75, 3.05) is 19.5 Å². The molecule has 0 unspecified atom stereocenters. The first-order chi connectivity index (χ1) is 14.3. The molecule has 0 fully saturated rings. The van der Waals surface area contributed by atoms with Crippen LogP contribution in [0.3, 0.4) is 0 Å². The first-order valence-corrected chi connectivity index (χ1v) is 10.3. The minimum absolute atomic E-state index is 0.310. The van der Waals surface area contributed by atoms with Gasteiger partial charge in [0.15, 0.2) is 15.8 Å². The molecule has 0 atom stereocenters. The molecule has 11 heteroatoms. The average molecular weight is 455 g/mol. The molecule has 158 valence electrons. The highest BCUT2D eigenvalue weighted by atomic mass is 32.2. The summed E-state index contributed by atoms with van der Waals surface area (Å²) < 4.78 is 48.7. The second-order valence-corrected chi connectivity index (χ2v) is 8.08. The van der Waals surface area contributed by atoms with E-state index in [-0.39, 0.29) is 5.91 Å². The molecule has 0 saturated carbocycles. The predicted molar refractivity (Wildman–Crippen MR) is 108 cm³/mol. The Kier molecular flexibility index (Phi) is 6.83. The maximum absolute atomic E-state index is 12.6. The highest BCUT2D eigenvalue weighted by Gasteiger charge is 2.29. The molecule has 6 nitrogen and oxygen atoms in total. The minimum atomic E-state index is -4.36. The van der Waals surface area contributed by atoms with Crippen molar-refractivity contribution in [3.05, 3.63) is 59.2 Å². The number of ether oxygens (including phenoxy) is 2. The predicted octanol–water partition coefficient (Wildman–Crippen LogP) is 5.12. The fourth-order valence-electron chi connectivity index (χ4n) is 2.40. The number of carbonyl (C=O) groups excluding carboxylic acids is 1. The Hall–Kier alpha value is -2.79. The number of aromatic nitrogens is 2. The molecule has 1 heterocycles. The highest BCUT2D eigenvalue weighted by molar-refractivity contribution is 8.00. The van der Waals surface area contributed by atoms with Crippen molar-refractivity contribution < 1.29 is 27.4 Å². The van der Waals surface area contributed by atoms with Crippen molar-refractivity contribution in [2.45, 2.75) is 16.3 Å². The lowest BCUT2D eigenvalue weighted by Crippen LogP contribution is -2.11. The molecule has 2 aromatic carbocycles. The van der Waals surface area contributed by atoms with Crippen molar-refractivity contribution in [3.8, 4) is 11.5 Å². The Morgan fingerprint density at radius 1 is 1.07 bits per heavy atom. The summed E-state index contributed by atoms with van der Waals surface area (Å²) in [5.74, 6) is 0.977. The molecular weight excluding hydrogens is 439 g/mol. The van der Waals surface area contributed by atoms with E-state index in [1.807, 2.05) is 0 Å². The Morgan fingerprint density at radius 2 is 1.77 bits per heavy atom. The van der Waals surface area contributed by atoms with E-state index >= 15 is 0 Å². The number of thioether (sulfide) groups is 1. The molecule has 0 aliphatic carbocycles. The molecule has 0 spiro atoms. The normalized spacial score (nSPS) is 11.2. The number of anilines is 1. The number of nitrogens with one attached hydrogen (secondary N) is 1. The number of benzene rings is 2. The van der Waals surface area contributed by atoms with E-state index in [0.29, 0.717) is 32.3 Å². The smallest absolute Gasteiger partial charge is 0.416 e. The third kappa shape index (κ3) is 5.42. The number of hydrogen-bond acceptors (Lipinski definition) is 7. The third-order valence-corrected chi connectivity index (χ3v) is 5.96. The molecule has 0 bridgehead atoms. The van der Waals surface area contributed by atoms with Crippen LogP contribution < -0.4 is 14.8 Å². The van der Waals surface area contributed by atoms with Gasteiger partial charge in [-0.25, -0.2) is 0 Å². The zero-order valence-electron chi connectivity index (χ0n) is 15.8. The van der Waals surface area contributed by atoms with Crippen LogP contribution in [0.1, 0.15) is 21.5 Å². The number of nitrogens with zero attached hydrogens (tertiary/aromatic N) is 2. The van der Waals surface area contributed by atoms with Gasteiger partial charge < -0.3 is 9.47 Å². The third-order valence-electron chi connectivity index (χ3n) is 3.92. The topological polar surface area (TPSA) is 73.3 Å². The van der Waals surface area contributed by atoms with Crippen molar-refractivity contribution >= 4 is 34.1 Å². The number of rotatable bonds is 7. The Morgan fingerprint density at radius 3 is 2.40 bits per heavy atom. The first kappa shape index (κ1) is 21.9. The summed E-state index contributed by atoms with van der Waals surface area (Å²) in [7, 11) is 2.98. The molecule has 0 aliphatic rings. The van der Waals surface area contributed by atoms with Crippen molar-refractivity contribution in [1.29, 1.82) is 0 Å². The van der Waals surface area contributed by atoms with Gasteiger partial charge in [-0.05, 0) is 35.9 Å². The maximum Gasteiger partial charge on any atom is 0.416 e. The van der Waals surface area contributed by atoms with Gasteiger partial charge in [0.05, 0.1) is 19.8 Å². The molecule has 1 N–H and O–H groups in total. The lowest BCUT2D eigenvalue weighted by Gasteiger charge is -2.08. The molecule has 1 amide bonds. The largest absolute Gasteiger partial charge is 0.493 e. The second kappa shape index (κ2) is 9.35. The standard InChI is InChI=1S/C19H16F3N3O3S2/c1-27-14-8-5-12(9-15(14)28-2)16(26)23-17-24-25-18(30-17)29-10-11-3-6-13(7-4-11)19(20,21)22/h3-9H,10H2,1-2H3,(H,23,24,26). The zero-order chi connectivity index (χ0) is 21.7. The summed E-state index contributed by atoms with van der Waals surface area (Å²) in [6, 6.07) is 9.72. The number of hydrogen-bond donors (Lipinski definition) is 1. The Bertz CT molecular complexity index is 1020. The van der Waals surface area contributed by atoms with Crippen LogP contribution in [0.4, 0.5) is 18.3 Å². The number of alkyl halides is 3. The van der Waals surface area contributed by atoms with Crippen LogP contribution in [-0.2, 0) is 11.9 Å². The van der Waals surface area contributed by atoms with Gasteiger partial charge in [-0.1, -0.05) is 35.2 Å². The SMILES string of the molecule is COc1ccc(C(=O)Nc2nnc(SCc3ccc(C(F)(F)F)cc3)s2)cc1OC. The van der Waals surface area contributed by atoms with Crippen molar-refractivity contribution in [2.24, 2.45) is 0 Å². The van der Waals surface area contributed by atoms with Crippen LogP contribution in [0.5, 0.6) is 11.5 Å². The summed E-state index contributed by atoms with van der Waals surface area (Å²) in [6.45, 7) is 0. The maximum atomic E-state index is 12.6. The molecule has 1 aromatic heterocycles. The summed E-state index contributed by atoms with van der Waals surface area (Å²) in [4.78, 5) is 12.4. The molecule has 3 rings (SSSR count). The molecule has 0 radical (unpaired) electrons. The quantitative estimate of drug-likeness (QED) is 0.394. The van der Waals surface area contributed by atoms with E-state index in [1.54, 1.807) is 18.2 Å². The van der Waals surface area contributed by atoms with Crippen LogP contribution >= 0.6 is 23.1 Å². The van der Waals surface area contributed by atoms with Crippen LogP contribution in [-0.4, -0.2) is 30.3 Å². The van der Waals surface area contributed by atoms with Gasteiger partial charge in [0.1, 0.15) is 0 Å². The van der Waals surface area contributed by atoms with Gasteiger partial charge in [0.2, 0.25) is 5.13 Å². The van der Waals surface area contributed by atoms with Gasteiger partial charge in [0.25, 0.3) is 5.91 Å². The van der Waals surface area contributed by atoms with Crippen molar-refractivity contribution in [1.82, 2.24) is 10.2 Å². The second-order valence-electron chi connectivity index (χ2n) is 5.88. The van der Waals surface area contributed by atoms with E-state index in [0.717, 1.165) is 17.7 Å². The summed E-state index contributed by atoms with van der Waals surface area (Å²) in [5.41, 5.74) is 0.397. The van der Waals surface area contributed by atoms with Gasteiger partial charge in [-0.2, -0.15) is 13.2 Å². The van der Waals surface area contributed by atoms with Gasteiger partial charge in [0, 0.05) is 11.3 Å². The van der Waals surface area contributed by atoms with Crippen LogP contribution in [0.2, 0.25) is 0 Å². The minimum Gasteiger partial charge on any atom is -0.493 e. The van der Waals surface area contributed by atoms with Crippen LogP contribution in [0.15, 0.2) is 46.8 Å². The Labute approximate surface area is 178 Å². The number of halogens is 3. The lowest BCUT2D eigenvalue weighted by molar-refractivity contribution is -0.137. The van der Waals surface area contributed by atoms with Crippen molar-refractivity contribution in [3.63, 3.8) is 0 Å². The van der Waals surface area contributed by atoms with E-state index in [9.17, 15) is 18.0 Å². The molecule has 3 aromatic rings. The molecule has 0 saturated heterocycles. The van der Waals surface area contributed by atoms with E-state index < -0.39 is 11.7 Å². The molecule has 30 heavy (non-hydrogen) atoms. The molecule has 0 aliphatic heterocycles. The van der Waals surface area contributed by atoms with Crippen LogP contribution in [0, 0.1) is 0 Å².